The summed E-state index contributed by atoms with van der Waals surface area (Å²) in [5.41, 5.74) is -1.29. The molecule has 0 atom stereocenters. The Morgan fingerprint density at radius 2 is 1.72 bits per heavy atom. The fourth-order valence-electron chi connectivity index (χ4n) is 2.64. The van der Waals surface area contributed by atoms with Crippen LogP contribution in [0.15, 0.2) is 52.2 Å². The second-order valence-corrected chi connectivity index (χ2v) is 8.33. The van der Waals surface area contributed by atoms with Gasteiger partial charge in [0.1, 0.15) is 0 Å². The summed E-state index contributed by atoms with van der Waals surface area (Å²) in [5.74, 6) is 0.0459. The van der Waals surface area contributed by atoms with Crippen molar-refractivity contribution in [3.63, 3.8) is 0 Å². The Hall–Kier alpha value is -3.08. The van der Waals surface area contributed by atoms with Gasteiger partial charge in [-0.1, -0.05) is 26.0 Å². The zero-order valence-corrected chi connectivity index (χ0v) is 16.1. The molecule has 1 aromatic heterocycles. The molecule has 3 rings (SSSR count). The van der Waals surface area contributed by atoms with Gasteiger partial charge in [-0.05, 0) is 41.8 Å². The molecule has 0 amide bonds. The van der Waals surface area contributed by atoms with Crippen molar-refractivity contribution in [3.8, 4) is 11.4 Å². The third kappa shape index (κ3) is 4.67. The van der Waals surface area contributed by atoms with Crippen molar-refractivity contribution >= 4 is 15.7 Å². The van der Waals surface area contributed by atoms with E-state index in [2.05, 4.69) is 19.9 Å². The highest BCUT2D eigenvalue weighted by atomic mass is 32.2. The van der Waals surface area contributed by atoms with Crippen LogP contribution in [0.2, 0.25) is 0 Å². The van der Waals surface area contributed by atoms with E-state index >= 15 is 0 Å². The maximum absolute atomic E-state index is 13.3. The summed E-state index contributed by atoms with van der Waals surface area (Å²) in [6, 6.07) is 8.66. The summed E-state index contributed by atoms with van der Waals surface area (Å²) in [6.07, 6.45) is -4.73. The molecule has 0 aliphatic carbocycles. The molecule has 2 aromatic carbocycles. The van der Waals surface area contributed by atoms with Gasteiger partial charge < -0.3 is 0 Å². The minimum Gasteiger partial charge on any atom is -0.289 e. The van der Waals surface area contributed by atoms with Crippen molar-refractivity contribution in [1.82, 2.24) is 15.2 Å². The number of alkyl halides is 3. The van der Waals surface area contributed by atoms with Crippen LogP contribution in [0.3, 0.4) is 0 Å². The molecule has 0 saturated carbocycles. The van der Waals surface area contributed by atoms with Crippen molar-refractivity contribution in [2.45, 2.75) is 30.8 Å². The molecule has 0 unspecified atom stereocenters. The molecule has 0 radical (unpaired) electrons. The minimum atomic E-state index is -4.73. The summed E-state index contributed by atoms with van der Waals surface area (Å²) >= 11 is 0. The molecule has 29 heavy (non-hydrogen) atoms. The van der Waals surface area contributed by atoms with Gasteiger partial charge in [0, 0.05) is 5.56 Å². The molecular weight excluding hydrogens is 409 g/mol. The van der Waals surface area contributed by atoms with Crippen molar-refractivity contribution in [2.75, 3.05) is 4.72 Å². The number of halogens is 3. The first-order valence-corrected chi connectivity index (χ1v) is 9.94. The number of benzene rings is 2. The molecule has 0 spiro atoms. The normalized spacial score (nSPS) is 12.3. The molecule has 0 aliphatic heterocycles. The smallest absolute Gasteiger partial charge is 0.289 e. The predicted molar refractivity (Wildman–Crippen MR) is 101 cm³/mol. The third-order valence-electron chi connectivity index (χ3n) is 4.14. The first-order valence-electron chi connectivity index (χ1n) is 8.46. The summed E-state index contributed by atoms with van der Waals surface area (Å²) in [7, 11) is -4.13. The van der Waals surface area contributed by atoms with E-state index in [-0.39, 0.29) is 27.9 Å². The number of hydrogen-bond acceptors (Lipinski definition) is 4. The first kappa shape index (κ1) is 20.6. The molecule has 0 fully saturated rings. The zero-order chi connectivity index (χ0) is 21.4. The Labute approximate surface area is 164 Å². The van der Waals surface area contributed by atoms with Gasteiger partial charge in [0.25, 0.3) is 10.0 Å². The molecular formula is C18H17F3N4O3S. The van der Waals surface area contributed by atoms with Crippen LogP contribution < -0.4 is 10.4 Å². The van der Waals surface area contributed by atoms with E-state index in [4.69, 9.17) is 0 Å². The fourth-order valence-corrected chi connectivity index (χ4v) is 3.68. The molecule has 0 bridgehead atoms. The van der Waals surface area contributed by atoms with Crippen LogP contribution in [0, 0.1) is 0 Å². The molecule has 0 aliphatic rings. The summed E-state index contributed by atoms with van der Waals surface area (Å²) in [4.78, 5) is 13.4. The fraction of sp³-hybridized carbons (Fsp3) is 0.222. The highest BCUT2D eigenvalue weighted by Crippen LogP contribution is 2.34. The lowest BCUT2D eigenvalue weighted by atomic mass is 10.0. The highest BCUT2D eigenvalue weighted by molar-refractivity contribution is 7.92. The zero-order valence-electron chi connectivity index (χ0n) is 15.3. The average molecular weight is 426 g/mol. The maximum atomic E-state index is 13.3. The minimum absolute atomic E-state index is 0.0889. The number of aromatic nitrogens is 3. The van der Waals surface area contributed by atoms with Gasteiger partial charge >= 0.3 is 11.9 Å². The van der Waals surface area contributed by atoms with Crippen LogP contribution in [-0.4, -0.2) is 23.6 Å². The van der Waals surface area contributed by atoms with E-state index in [1.54, 1.807) is 12.1 Å². The third-order valence-corrected chi connectivity index (χ3v) is 5.54. The lowest BCUT2D eigenvalue weighted by Gasteiger charge is -2.14. The van der Waals surface area contributed by atoms with Gasteiger partial charge in [0.05, 0.1) is 16.1 Å². The monoisotopic (exact) mass is 426 g/mol. The SMILES string of the molecule is CC(C)c1ccc(S(=O)(=O)Nc2cc(-c3n[nH]c(=O)[nH]3)cc(C(F)(F)F)c2)cc1. The number of aromatic amines is 2. The molecule has 7 nitrogen and oxygen atoms in total. The molecule has 154 valence electrons. The van der Waals surface area contributed by atoms with Crippen molar-refractivity contribution in [2.24, 2.45) is 0 Å². The number of sulfonamides is 1. The largest absolute Gasteiger partial charge is 0.416 e. The van der Waals surface area contributed by atoms with Crippen LogP contribution >= 0.6 is 0 Å². The van der Waals surface area contributed by atoms with E-state index in [9.17, 15) is 26.4 Å². The standard InChI is InChI=1S/C18H17F3N4O3S/c1-10(2)11-3-5-15(6-4-11)29(27,28)25-14-8-12(16-22-17(26)24-23-16)7-13(9-14)18(19,20)21/h3-10,25H,1-2H3,(H2,22,23,24,26). The van der Waals surface area contributed by atoms with Crippen molar-refractivity contribution in [1.29, 1.82) is 0 Å². The quantitative estimate of drug-likeness (QED) is 0.578. The maximum Gasteiger partial charge on any atom is 0.416 e. The number of nitrogens with one attached hydrogen (secondary N) is 3. The second-order valence-electron chi connectivity index (χ2n) is 6.65. The number of nitrogens with zero attached hydrogens (tertiary/aromatic N) is 1. The summed E-state index contributed by atoms with van der Waals surface area (Å²) < 4.78 is 67.2. The molecule has 0 saturated heterocycles. The predicted octanol–water partition coefficient (Wildman–Crippen LogP) is 3.71. The highest BCUT2D eigenvalue weighted by Gasteiger charge is 2.32. The van der Waals surface area contributed by atoms with Gasteiger partial charge in [-0.15, -0.1) is 0 Å². The Bertz CT molecular complexity index is 1180. The number of H-pyrrole nitrogens is 2. The molecule has 3 aromatic rings. The van der Waals surface area contributed by atoms with Crippen molar-refractivity contribution in [3.05, 3.63) is 64.1 Å². The Morgan fingerprint density at radius 3 is 2.24 bits per heavy atom. The number of anilines is 1. The van der Waals surface area contributed by atoms with Crippen LogP contribution in [0.25, 0.3) is 11.4 Å². The Morgan fingerprint density at radius 1 is 1.07 bits per heavy atom. The second kappa shape index (κ2) is 7.39. The molecule has 1 heterocycles. The average Bonchev–Trinajstić information content (AvgIpc) is 3.07. The van der Waals surface area contributed by atoms with E-state index in [0.717, 1.165) is 17.7 Å². The van der Waals surface area contributed by atoms with Gasteiger partial charge in [-0.2, -0.15) is 18.3 Å². The Kier molecular flexibility index (Phi) is 5.26. The van der Waals surface area contributed by atoms with Crippen LogP contribution in [0.1, 0.15) is 30.9 Å². The lowest BCUT2D eigenvalue weighted by molar-refractivity contribution is -0.137. The van der Waals surface area contributed by atoms with Gasteiger partial charge in [0.15, 0.2) is 5.82 Å². The lowest BCUT2D eigenvalue weighted by Crippen LogP contribution is -2.14. The summed E-state index contributed by atoms with van der Waals surface area (Å²) in [5, 5.41) is 5.65. The van der Waals surface area contributed by atoms with Gasteiger partial charge in [-0.3, -0.25) is 9.71 Å². The van der Waals surface area contributed by atoms with E-state index in [1.807, 2.05) is 13.8 Å². The first-order chi connectivity index (χ1) is 13.5. The number of hydrogen-bond donors (Lipinski definition) is 3. The van der Waals surface area contributed by atoms with Gasteiger partial charge in [-0.25, -0.2) is 18.3 Å². The van der Waals surface area contributed by atoms with E-state index in [1.165, 1.54) is 12.1 Å². The Balaban J connectivity index is 2.02. The van der Waals surface area contributed by atoms with Gasteiger partial charge in [0.2, 0.25) is 0 Å². The topological polar surface area (TPSA) is 108 Å². The van der Waals surface area contributed by atoms with E-state index < -0.39 is 27.5 Å². The van der Waals surface area contributed by atoms with Crippen LogP contribution in [0.5, 0.6) is 0 Å². The van der Waals surface area contributed by atoms with Crippen LogP contribution in [-0.2, 0) is 16.2 Å². The van der Waals surface area contributed by atoms with E-state index in [0.29, 0.717) is 6.07 Å². The van der Waals surface area contributed by atoms with Crippen molar-refractivity contribution < 1.29 is 21.6 Å². The molecule has 3 N–H and O–H groups in total. The molecule has 11 heteroatoms. The van der Waals surface area contributed by atoms with Crippen LogP contribution in [0.4, 0.5) is 18.9 Å². The summed E-state index contributed by atoms with van der Waals surface area (Å²) in [6.45, 7) is 3.90. The number of rotatable bonds is 5.